The van der Waals surface area contributed by atoms with Crippen molar-refractivity contribution < 1.29 is 13.6 Å². The fourth-order valence-electron chi connectivity index (χ4n) is 1.23. The number of ether oxygens (including phenoxy) is 1. The highest BCUT2D eigenvalue weighted by Crippen LogP contribution is 2.10. The van der Waals surface area contributed by atoms with Crippen LogP contribution in [-0.4, -0.2) is 23.3 Å². The molecular weight excluding hydrogens is 224 g/mol. The Morgan fingerprint density at radius 2 is 1.93 bits per heavy atom. The maximum absolute atomic E-state index is 11.2. The summed E-state index contributed by atoms with van der Waals surface area (Å²) in [5.41, 5.74) is 0. The van der Waals surface area contributed by atoms with Crippen LogP contribution in [0.2, 0.25) is 32.2 Å². The van der Waals surface area contributed by atoms with Crippen molar-refractivity contribution in [3.05, 3.63) is 12.3 Å². The minimum Gasteiger partial charge on any atom is -0.458 e. The van der Waals surface area contributed by atoms with E-state index >= 15 is 0 Å². The molecule has 1 unspecified atom stereocenters. The van der Waals surface area contributed by atoms with Gasteiger partial charge in [-0.2, -0.15) is 0 Å². The Labute approximate surface area is 95.3 Å². The van der Waals surface area contributed by atoms with Gasteiger partial charge >= 0.3 is 5.97 Å². The molecule has 1 atom stereocenters. The predicted octanol–water partition coefficient (Wildman–Crippen LogP) is 2.66. The van der Waals surface area contributed by atoms with E-state index in [-0.39, 0.29) is 5.97 Å². The van der Waals surface area contributed by atoms with E-state index in [9.17, 15) is 4.79 Å². The van der Waals surface area contributed by atoms with E-state index in [2.05, 4.69) is 32.8 Å². The van der Waals surface area contributed by atoms with Crippen LogP contribution < -0.4 is 0 Å². The number of allylic oxidation sites excluding steroid dienone is 1. The molecule has 3 nitrogen and oxygen atoms in total. The summed E-state index contributed by atoms with van der Waals surface area (Å²) in [5.74, 6) is 0.265. The topological polar surface area (TPSA) is 35.5 Å². The van der Waals surface area contributed by atoms with Gasteiger partial charge in [-0.3, -0.25) is 4.79 Å². The molecule has 0 aliphatic heterocycles. The number of carbonyl (C=O) groups is 1. The monoisotopic (exact) mass is 246 g/mol. The van der Waals surface area contributed by atoms with Gasteiger partial charge in [-0.15, -0.1) is 0 Å². The van der Waals surface area contributed by atoms with Gasteiger partial charge in [0.15, 0.2) is 17.4 Å². The van der Waals surface area contributed by atoms with Crippen molar-refractivity contribution in [2.24, 2.45) is 0 Å². The van der Waals surface area contributed by atoms with Crippen molar-refractivity contribution >= 4 is 23.3 Å². The molecule has 0 bridgehead atoms. The average Bonchev–Trinajstić information content (AvgIpc) is 1.96. The summed E-state index contributed by atoms with van der Waals surface area (Å²) >= 11 is 0. The molecule has 15 heavy (non-hydrogen) atoms. The SMILES string of the molecule is C=C(C)OC(=O)CC[SiH](C)O[Si](C)(C)C. The number of hydrogen-bond acceptors (Lipinski definition) is 3. The van der Waals surface area contributed by atoms with Crippen LogP contribution in [-0.2, 0) is 13.6 Å². The lowest BCUT2D eigenvalue weighted by Gasteiger charge is -2.22. The Bertz CT molecular complexity index is 233. The summed E-state index contributed by atoms with van der Waals surface area (Å²) in [6, 6.07) is 0.844. The van der Waals surface area contributed by atoms with Gasteiger partial charge in [0.05, 0.1) is 5.76 Å². The highest BCUT2D eigenvalue weighted by Gasteiger charge is 2.19. The van der Waals surface area contributed by atoms with Crippen LogP contribution in [0.4, 0.5) is 0 Å². The third-order valence-electron chi connectivity index (χ3n) is 1.60. The molecule has 5 heteroatoms. The molecule has 0 radical (unpaired) electrons. The van der Waals surface area contributed by atoms with Crippen LogP contribution in [0.1, 0.15) is 13.3 Å². The zero-order valence-corrected chi connectivity index (χ0v) is 12.6. The molecular formula is C10H22O3Si2. The lowest BCUT2D eigenvalue weighted by atomic mass is 10.5. The highest BCUT2D eigenvalue weighted by atomic mass is 28.4. The van der Waals surface area contributed by atoms with Crippen molar-refractivity contribution in [3.63, 3.8) is 0 Å². The van der Waals surface area contributed by atoms with Gasteiger partial charge in [0, 0.05) is 6.42 Å². The van der Waals surface area contributed by atoms with Gasteiger partial charge in [-0.05, 0) is 39.2 Å². The Morgan fingerprint density at radius 3 is 2.33 bits per heavy atom. The van der Waals surface area contributed by atoms with Gasteiger partial charge in [0.2, 0.25) is 0 Å². The first-order valence-electron chi connectivity index (χ1n) is 5.24. The standard InChI is InChI=1S/C10H22O3Si2/c1-9(2)12-10(11)7-8-14(3)13-15(4,5)6/h14H,1,7-8H2,2-6H3. The maximum atomic E-state index is 11.2. The van der Waals surface area contributed by atoms with Crippen LogP contribution >= 0.6 is 0 Å². The first-order chi connectivity index (χ1) is 6.70. The summed E-state index contributed by atoms with van der Waals surface area (Å²) in [6.07, 6.45) is 0.449. The number of rotatable bonds is 6. The molecule has 0 aromatic heterocycles. The lowest BCUT2D eigenvalue weighted by Crippen LogP contribution is -2.33. The van der Waals surface area contributed by atoms with Crippen molar-refractivity contribution in [1.29, 1.82) is 0 Å². The van der Waals surface area contributed by atoms with Crippen LogP contribution in [0, 0.1) is 0 Å². The molecule has 0 heterocycles. The minimum atomic E-state index is -1.43. The van der Waals surface area contributed by atoms with E-state index in [0.29, 0.717) is 12.2 Å². The van der Waals surface area contributed by atoms with E-state index in [0.717, 1.165) is 6.04 Å². The summed E-state index contributed by atoms with van der Waals surface area (Å²) in [4.78, 5) is 11.2. The smallest absolute Gasteiger partial charge is 0.310 e. The quantitative estimate of drug-likeness (QED) is 0.411. The van der Waals surface area contributed by atoms with Gasteiger partial charge in [0.25, 0.3) is 0 Å². The van der Waals surface area contributed by atoms with Crippen LogP contribution in [0.5, 0.6) is 0 Å². The summed E-state index contributed by atoms with van der Waals surface area (Å²) in [7, 11) is -2.63. The molecule has 0 aromatic carbocycles. The van der Waals surface area contributed by atoms with Crippen molar-refractivity contribution in [2.75, 3.05) is 0 Å². The van der Waals surface area contributed by atoms with Gasteiger partial charge in [-0.1, -0.05) is 6.58 Å². The second-order valence-electron chi connectivity index (χ2n) is 4.76. The molecule has 0 fully saturated rings. The van der Waals surface area contributed by atoms with Crippen LogP contribution in [0.3, 0.4) is 0 Å². The van der Waals surface area contributed by atoms with Gasteiger partial charge < -0.3 is 8.85 Å². The van der Waals surface area contributed by atoms with E-state index in [1.165, 1.54) is 0 Å². The molecule has 0 aliphatic rings. The second-order valence-corrected chi connectivity index (χ2v) is 12.1. The number of esters is 1. The first-order valence-corrected chi connectivity index (χ1v) is 11.1. The zero-order chi connectivity index (χ0) is 12.1. The molecule has 0 aliphatic carbocycles. The molecule has 0 saturated heterocycles. The molecule has 0 rings (SSSR count). The van der Waals surface area contributed by atoms with E-state index in [1.54, 1.807) is 6.92 Å². The van der Waals surface area contributed by atoms with E-state index in [1.807, 2.05) is 0 Å². The third kappa shape index (κ3) is 9.90. The fourth-order valence-corrected chi connectivity index (χ4v) is 7.17. The predicted molar refractivity (Wildman–Crippen MR) is 67.8 cm³/mol. The lowest BCUT2D eigenvalue weighted by molar-refractivity contribution is -0.138. The number of hydrogen-bond donors (Lipinski definition) is 0. The van der Waals surface area contributed by atoms with Crippen molar-refractivity contribution in [2.45, 2.75) is 45.6 Å². The minimum absolute atomic E-state index is 0.193. The van der Waals surface area contributed by atoms with Gasteiger partial charge in [-0.25, -0.2) is 0 Å². The molecule has 0 N–H and O–H groups in total. The fraction of sp³-hybridized carbons (Fsp3) is 0.700. The van der Waals surface area contributed by atoms with E-state index < -0.39 is 17.4 Å². The molecule has 0 saturated carbocycles. The summed E-state index contributed by atoms with van der Waals surface area (Å²) in [5, 5.41) is 0. The maximum Gasteiger partial charge on any atom is 0.310 e. The molecule has 88 valence electrons. The van der Waals surface area contributed by atoms with Crippen molar-refractivity contribution in [1.82, 2.24) is 0 Å². The Hall–Kier alpha value is -0.396. The highest BCUT2D eigenvalue weighted by molar-refractivity contribution is 6.77. The largest absolute Gasteiger partial charge is 0.458 e. The van der Waals surface area contributed by atoms with Crippen LogP contribution in [0.15, 0.2) is 12.3 Å². The number of carbonyl (C=O) groups excluding carboxylic acids is 1. The van der Waals surface area contributed by atoms with Crippen LogP contribution in [0.25, 0.3) is 0 Å². The molecule has 0 amide bonds. The zero-order valence-electron chi connectivity index (χ0n) is 10.4. The summed E-state index contributed by atoms with van der Waals surface area (Å²) < 4.78 is 10.8. The van der Waals surface area contributed by atoms with Gasteiger partial charge in [0.1, 0.15) is 0 Å². The van der Waals surface area contributed by atoms with Crippen molar-refractivity contribution in [3.8, 4) is 0 Å². The Morgan fingerprint density at radius 1 is 1.40 bits per heavy atom. The Kier molecular flexibility index (Phi) is 6.08. The third-order valence-corrected chi connectivity index (χ3v) is 7.14. The first kappa shape index (κ1) is 14.6. The second kappa shape index (κ2) is 6.24. The molecule has 0 spiro atoms. The molecule has 0 aromatic rings. The Balaban J connectivity index is 3.76. The summed E-state index contributed by atoms with van der Waals surface area (Å²) in [6.45, 7) is 13.8. The normalized spacial score (nSPS) is 13.4. The average molecular weight is 246 g/mol. The van der Waals surface area contributed by atoms with E-state index in [4.69, 9.17) is 8.85 Å².